The lowest BCUT2D eigenvalue weighted by Crippen LogP contribution is -2.51. The van der Waals surface area contributed by atoms with Gasteiger partial charge in [0, 0.05) is 38.1 Å². The number of nitrogens with zero attached hydrogens (tertiary/aromatic N) is 3. The predicted octanol–water partition coefficient (Wildman–Crippen LogP) is 1.63. The monoisotopic (exact) mass is 369 g/mol. The van der Waals surface area contributed by atoms with Crippen LogP contribution in [0, 0.1) is 0 Å². The molecule has 1 saturated heterocycles. The first kappa shape index (κ1) is 18.7. The molecule has 0 unspecified atom stereocenters. The van der Waals surface area contributed by atoms with Crippen LogP contribution in [-0.4, -0.2) is 67.0 Å². The third-order valence-corrected chi connectivity index (χ3v) is 4.62. The second kappa shape index (κ2) is 8.53. The number of rotatable bonds is 5. The Kier molecular flexibility index (Phi) is 5.90. The Balaban J connectivity index is 1.62. The van der Waals surface area contributed by atoms with Crippen LogP contribution in [0.1, 0.15) is 16.1 Å². The van der Waals surface area contributed by atoms with Crippen molar-refractivity contribution in [2.75, 3.05) is 40.4 Å². The van der Waals surface area contributed by atoms with Crippen LogP contribution in [0.15, 0.2) is 42.6 Å². The molecule has 0 spiro atoms. The molecule has 1 aliphatic rings. The fourth-order valence-electron chi connectivity index (χ4n) is 3.08. The molecule has 1 fully saturated rings. The number of carbonyl (C=O) groups is 2. The molecule has 2 aromatic rings. The molecule has 0 N–H and O–H groups in total. The number of hydrogen-bond donors (Lipinski definition) is 0. The third kappa shape index (κ3) is 4.36. The second-order valence-electron chi connectivity index (χ2n) is 6.24. The van der Waals surface area contributed by atoms with Crippen LogP contribution in [0.5, 0.6) is 11.5 Å². The van der Waals surface area contributed by atoms with E-state index in [1.807, 2.05) is 18.2 Å². The summed E-state index contributed by atoms with van der Waals surface area (Å²) in [5.41, 5.74) is 1.22. The van der Waals surface area contributed by atoms with Gasteiger partial charge in [-0.05, 0) is 30.3 Å². The van der Waals surface area contributed by atoms with Gasteiger partial charge in [-0.25, -0.2) is 0 Å². The molecular weight excluding hydrogens is 346 g/mol. The van der Waals surface area contributed by atoms with E-state index in [0.717, 1.165) is 5.69 Å². The van der Waals surface area contributed by atoms with Crippen LogP contribution in [0.2, 0.25) is 0 Å². The minimum Gasteiger partial charge on any atom is -0.497 e. The van der Waals surface area contributed by atoms with Gasteiger partial charge in [-0.1, -0.05) is 6.07 Å². The number of methoxy groups -OCH3 is 2. The van der Waals surface area contributed by atoms with Crippen molar-refractivity contribution < 1.29 is 19.1 Å². The molecule has 27 heavy (non-hydrogen) atoms. The molecule has 2 heterocycles. The summed E-state index contributed by atoms with van der Waals surface area (Å²) in [6, 6.07) is 10.7. The van der Waals surface area contributed by atoms with Crippen LogP contribution in [0.3, 0.4) is 0 Å². The number of hydrogen-bond acceptors (Lipinski definition) is 5. The molecule has 1 aromatic carbocycles. The number of piperazine rings is 1. The van der Waals surface area contributed by atoms with Gasteiger partial charge in [-0.2, -0.15) is 0 Å². The molecule has 7 heteroatoms. The molecular formula is C20H23N3O4. The first-order chi connectivity index (χ1) is 13.1. The lowest BCUT2D eigenvalue weighted by molar-refractivity contribution is -0.132. The Bertz CT molecular complexity index is 802. The van der Waals surface area contributed by atoms with Crippen LogP contribution >= 0.6 is 0 Å². The summed E-state index contributed by atoms with van der Waals surface area (Å²) in [4.78, 5) is 33.0. The molecule has 0 atom stereocenters. The zero-order valence-electron chi connectivity index (χ0n) is 15.6. The summed E-state index contributed by atoms with van der Waals surface area (Å²) in [6.07, 6.45) is 1.96. The Morgan fingerprint density at radius 1 is 1.00 bits per heavy atom. The standard InChI is InChI=1S/C20H23N3O4/c1-26-16-6-7-18(27-2)17(14-16)20(25)23-11-9-22(10-12-23)19(24)13-15-5-3-4-8-21-15/h3-8,14H,9-13H2,1-2H3. The highest BCUT2D eigenvalue weighted by Crippen LogP contribution is 2.25. The number of aromatic nitrogens is 1. The first-order valence-electron chi connectivity index (χ1n) is 8.81. The van der Waals surface area contributed by atoms with Gasteiger partial charge in [-0.3, -0.25) is 14.6 Å². The van der Waals surface area contributed by atoms with Gasteiger partial charge < -0.3 is 19.3 Å². The number of benzene rings is 1. The van der Waals surface area contributed by atoms with Crippen molar-refractivity contribution in [2.45, 2.75) is 6.42 Å². The molecule has 0 saturated carbocycles. The molecule has 1 aliphatic heterocycles. The van der Waals surface area contributed by atoms with Crippen LogP contribution < -0.4 is 9.47 Å². The van der Waals surface area contributed by atoms with Gasteiger partial charge in [0.1, 0.15) is 11.5 Å². The van der Waals surface area contributed by atoms with Gasteiger partial charge in [0.25, 0.3) is 5.91 Å². The maximum absolute atomic E-state index is 12.9. The van der Waals surface area contributed by atoms with Crippen LogP contribution in [0.25, 0.3) is 0 Å². The van der Waals surface area contributed by atoms with Gasteiger partial charge in [0.15, 0.2) is 0 Å². The smallest absolute Gasteiger partial charge is 0.257 e. The van der Waals surface area contributed by atoms with Crippen molar-refractivity contribution in [3.05, 3.63) is 53.9 Å². The molecule has 0 aliphatic carbocycles. The lowest BCUT2D eigenvalue weighted by atomic mass is 10.1. The number of carbonyl (C=O) groups excluding carboxylic acids is 2. The van der Waals surface area contributed by atoms with Gasteiger partial charge in [-0.15, -0.1) is 0 Å². The molecule has 2 amide bonds. The van der Waals surface area contributed by atoms with Crippen LogP contribution in [0.4, 0.5) is 0 Å². The molecule has 0 radical (unpaired) electrons. The fraction of sp³-hybridized carbons (Fsp3) is 0.350. The summed E-state index contributed by atoms with van der Waals surface area (Å²) in [5, 5.41) is 0. The highest BCUT2D eigenvalue weighted by atomic mass is 16.5. The predicted molar refractivity (Wildman–Crippen MR) is 100.0 cm³/mol. The summed E-state index contributed by atoms with van der Waals surface area (Å²) in [7, 11) is 3.09. The van der Waals surface area contributed by atoms with E-state index in [-0.39, 0.29) is 18.2 Å². The molecule has 1 aromatic heterocycles. The number of amides is 2. The van der Waals surface area contributed by atoms with E-state index in [0.29, 0.717) is 43.2 Å². The SMILES string of the molecule is COc1ccc(OC)c(C(=O)N2CCN(C(=O)Cc3ccccn3)CC2)c1. The normalized spacial score (nSPS) is 14.0. The second-order valence-corrected chi connectivity index (χ2v) is 6.24. The fourth-order valence-corrected chi connectivity index (χ4v) is 3.08. The van der Waals surface area contributed by atoms with Gasteiger partial charge in [0.2, 0.25) is 5.91 Å². The average molecular weight is 369 g/mol. The Labute approximate surface area is 158 Å². The van der Waals surface area contributed by atoms with E-state index in [9.17, 15) is 9.59 Å². The zero-order valence-corrected chi connectivity index (χ0v) is 15.6. The third-order valence-electron chi connectivity index (χ3n) is 4.62. The highest BCUT2D eigenvalue weighted by molar-refractivity contribution is 5.97. The van der Waals surface area contributed by atoms with Crippen molar-refractivity contribution in [3.63, 3.8) is 0 Å². The Hall–Kier alpha value is -3.09. The zero-order chi connectivity index (χ0) is 19.2. The van der Waals surface area contributed by atoms with Crippen molar-refractivity contribution in [3.8, 4) is 11.5 Å². The van der Waals surface area contributed by atoms with Crippen LogP contribution in [-0.2, 0) is 11.2 Å². The minimum absolute atomic E-state index is 0.0276. The van der Waals surface area contributed by atoms with E-state index in [2.05, 4.69) is 4.98 Å². The minimum atomic E-state index is -0.123. The number of pyridine rings is 1. The molecule has 142 valence electrons. The maximum atomic E-state index is 12.9. The van der Waals surface area contributed by atoms with E-state index >= 15 is 0 Å². The van der Waals surface area contributed by atoms with E-state index < -0.39 is 0 Å². The molecule has 7 nitrogen and oxygen atoms in total. The van der Waals surface area contributed by atoms with Crippen molar-refractivity contribution in [2.24, 2.45) is 0 Å². The Morgan fingerprint density at radius 3 is 2.37 bits per heavy atom. The average Bonchev–Trinajstić information content (AvgIpc) is 2.73. The summed E-state index contributed by atoms with van der Waals surface area (Å²) >= 11 is 0. The molecule has 3 rings (SSSR count). The van der Waals surface area contributed by atoms with Crippen molar-refractivity contribution >= 4 is 11.8 Å². The quantitative estimate of drug-likeness (QED) is 0.801. The summed E-state index contributed by atoms with van der Waals surface area (Å²) in [5.74, 6) is 1.01. The van der Waals surface area contributed by atoms with E-state index in [1.165, 1.54) is 7.11 Å². The number of ether oxygens (including phenoxy) is 2. The first-order valence-corrected chi connectivity index (χ1v) is 8.81. The van der Waals surface area contributed by atoms with E-state index in [1.54, 1.807) is 41.3 Å². The van der Waals surface area contributed by atoms with Crippen molar-refractivity contribution in [1.82, 2.24) is 14.8 Å². The maximum Gasteiger partial charge on any atom is 0.257 e. The van der Waals surface area contributed by atoms with Crippen molar-refractivity contribution in [1.29, 1.82) is 0 Å². The largest absolute Gasteiger partial charge is 0.497 e. The topological polar surface area (TPSA) is 72.0 Å². The Morgan fingerprint density at radius 2 is 1.74 bits per heavy atom. The summed E-state index contributed by atoms with van der Waals surface area (Å²) < 4.78 is 10.5. The highest BCUT2D eigenvalue weighted by Gasteiger charge is 2.26. The van der Waals surface area contributed by atoms with E-state index in [4.69, 9.17) is 9.47 Å². The van der Waals surface area contributed by atoms with Gasteiger partial charge >= 0.3 is 0 Å². The van der Waals surface area contributed by atoms with Gasteiger partial charge in [0.05, 0.1) is 26.2 Å². The molecule has 0 bridgehead atoms. The summed E-state index contributed by atoms with van der Waals surface area (Å²) in [6.45, 7) is 1.97. The lowest BCUT2D eigenvalue weighted by Gasteiger charge is -2.35.